The topological polar surface area (TPSA) is 72.6 Å². The third-order valence-electron chi connectivity index (χ3n) is 1.77. The molecule has 14 heavy (non-hydrogen) atoms. The molecule has 1 aromatic carbocycles. The molecule has 0 unspecified atom stereocenters. The standard InChI is InChI=1S/C10H13NO3/c11-10(13)14-9-5-3-8(4-6-9)2-1-7-12/h3-6,12H,1-2,7H2,(H2,11,13). The van der Waals surface area contributed by atoms with Crippen LogP contribution in [-0.2, 0) is 6.42 Å². The Balaban J connectivity index is 2.54. The zero-order chi connectivity index (χ0) is 10.4. The van der Waals surface area contributed by atoms with Gasteiger partial charge in [0.1, 0.15) is 5.75 Å². The number of ether oxygens (including phenoxy) is 1. The van der Waals surface area contributed by atoms with Gasteiger partial charge in [-0.3, -0.25) is 0 Å². The molecular weight excluding hydrogens is 182 g/mol. The number of carbonyl (C=O) groups excluding carboxylic acids is 1. The minimum absolute atomic E-state index is 0.180. The van der Waals surface area contributed by atoms with Gasteiger partial charge in [-0.05, 0) is 30.5 Å². The van der Waals surface area contributed by atoms with Crippen molar-refractivity contribution in [1.82, 2.24) is 0 Å². The van der Waals surface area contributed by atoms with Crippen LogP contribution < -0.4 is 10.5 Å². The Kier molecular flexibility index (Phi) is 3.94. The summed E-state index contributed by atoms with van der Waals surface area (Å²) < 4.78 is 4.66. The molecule has 1 aromatic rings. The predicted octanol–water partition coefficient (Wildman–Crippen LogP) is 1.07. The summed E-state index contributed by atoms with van der Waals surface area (Å²) >= 11 is 0. The summed E-state index contributed by atoms with van der Waals surface area (Å²) in [4.78, 5) is 10.4. The molecule has 0 saturated carbocycles. The van der Waals surface area contributed by atoms with Crippen LogP contribution in [0.15, 0.2) is 24.3 Å². The van der Waals surface area contributed by atoms with E-state index in [2.05, 4.69) is 4.74 Å². The van der Waals surface area contributed by atoms with E-state index in [0.29, 0.717) is 5.75 Å². The lowest BCUT2D eigenvalue weighted by molar-refractivity contribution is 0.211. The molecule has 3 N–H and O–H groups in total. The molecule has 0 aromatic heterocycles. The molecule has 0 aliphatic heterocycles. The van der Waals surface area contributed by atoms with Crippen LogP contribution in [0.3, 0.4) is 0 Å². The first-order valence-corrected chi connectivity index (χ1v) is 4.39. The van der Waals surface area contributed by atoms with Crippen molar-refractivity contribution in [3.8, 4) is 5.75 Å². The number of hydrogen-bond donors (Lipinski definition) is 2. The van der Waals surface area contributed by atoms with Gasteiger partial charge in [-0.2, -0.15) is 0 Å². The molecule has 76 valence electrons. The van der Waals surface area contributed by atoms with E-state index >= 15 is 0 Å². The highest BCUT2D eigenvalue weighted by Crippen LogP contribution is 2.12. The number of hydrogen-bond acceptors (Lipinski definition) is 3. The molecule has 0 radical (unpaired) electrons. The first-order valence-electron chi connectivity index (χ1n) is 4.39. The average Bonchev–Trinajstić information content (AvgIpc) is 2.16. The number of aliphatic hydroxyl groups is 1. The molecule has 0 bridgehead atoms. The zero-order valence-corrected chi connectivity index (χ0v) is 7.77. The number of rotatable bonds is 4. The largest absolute Gasteiger partial charge is 0.411 e. The van der Waals surface area contributed by atoms with Gasteiger partial charge in [0.25, 0.3) is 0 Å². The predicted molar refractivity (Wildman–Crippen MR) is 52.1 cm³/mol. The lowest BCUT2D eigenvalue weighted by atomic mass is 10.1. The van der Waals surface area contributed by atoms with Crippen molar-refractivity contribution >= 4 is 6.09 Å². The van der Waals surface area contributed by atoms with Crippen molar-refractivity contribution in [3.63, 3.8) is 0 Å². The molecule has 1 amide bonds. The zero-order valence-electron chi connectivity index (χ0n) is 7.77. The molecule has 1 rings (SSSR count). The Morgan fingerprint density at radius 1 is 1.36 bits per heavy atom. The fourth-order valence-electron chi connectivity index (χ4n) is 1.12. The summed E-state index contributed by atoms with van der Waals surface area (Å²) in [6.45, 7) is 0.180. The SMILES string of the molecule is NC(=O)Oc1ccc(CCCO)cc1. The highest BCUT2D eigenvalue weighted by Gasteiger charge is 1.98. The highest BCUT2D eigenvalue weighted by atomic mass is 16.5. The molecule has 0 heterocycles. The Morgan fingerprint density at radius 2 is 2.00 bits per heavy atom. The van der Waals surface area contributed by atoms with Gasteiger partial charge < -0.3 is 15.6 Å². The maximum atomic E-state index is 10.4. The van der Waals surface area contributed by atoms with E-state index in [4.69, 9.17) is 10.8 Å². The van der Waals surface area contributed by atoms with Crippen molar-refractivity contribution in [2.45, 2.75) is 12.8 Å². The molecule has 0 aliphatic rings. The second kappa shape index (κ2) is 5.24. The van der Waals surface area contributed by atoms with Crippen LogP contribution in [0.25, 0.3) is 0 Å². The fraction of sp³-hybridized carbons (Fsp3) is 0.300. The lowest BCUT2D eigenvalue weighted by Crippen LogP contribution is -2.16. The normalized spacial score (nSPS) is 9.79. The van der Waals surface area contributed by atoms with Crippen molar-refractivity contribution in [2.24, 2.45) is 5.73 Å². The Bertz CT molecular complexity index is 295. The highest BCUT2D eigenvalue weighted by molar-refractivity contribution is 5.67. The lowest BCUT2D eigenvalue weighted by Gasteiger charge is -2.02. The minimum Gasteiger partial charge on any atom is -0.411 e. The van der Waals surface area contributed by atoms with Crippen LogP contribution in [0, 0.1) is 0 Å². The van der Waals surface area contributed by atoms with E-state index in [1.54, 1.807) is 12.1 Å². The average molecular weight is 195 g/mol. The second-order valence-electron chi connectivity index (χ2n) is 2.89. The van der Waals surface area contributed by atoms with Gasteiger partial charge in [-0.15, -0.1) is 0 Å². The van der Waals surface area contributed by atoms with E-state index in [1.807, 2.05) is 12.1 Å². The van der Waals surface area contributed by atoms with E-state index < -0.39 is 6.09 Å². The Labute approximate surface area is 82.3 Å². The van der Waals surface area contributed by atoms with Gasteiger partial charge in [0.2, 0.25) is 0 Å². The molecule has 4 nitrogen and oxygen atoms in total. The molecule has 4 heteroatoms. The summed E-state index contributed by atoms with van der Waals surface area (Å²) in [6, 6.07) is 7.04. The van der Waals surface area contributed by atoms with Crippen LogP contribution in [0.1, 0.15) is 12.0 Å². The Morgan fingerprint density at radius 3 is 2.50 bits per heavy atom. The van der Waals surface area contributed by atoms with E-state index in [-0.39, 0.29) is 6.61 Å². The van der Waals surface area contributed by atoms with Crippen LogP contribution in [-0.4, -0.2) is 17.8 Å². The minimum atomic E-state index is -0.812. The van der Waals surface area contributed by atoms with E-state index in [0.717, 1.165) is 18.4 Å². The monoisotopic (exact) mass is 195 g/mol. The van der Waals surface area contributed by atoms with Gasteiger partial charge in [0.05, 0.1) is 0 Å². The molecular formula is C10H13NO3. The summed E-state index contributed by atoms with van der Waals surface area (Å²) in [7, 11) is 0. The third kappa shape index (κ3) is 3.45. The number of aliphatic hydroxyl groups excluding tert-OH is 1. The maximum absolute atomic E-state index is 10.4. The van der Waals surface area contributed by atoms with Crippen LogP contribution in [0.5, 0.6) is 5.75 Å². The van der Waals surface area contributed by atoms with Gasteiger partial charge in [-0.25, -0.2) is 4.79 Å². The summed E-state index contributed by atoms with van der Waals surface area (Å²) in [5.74, 6) is 0.435. The van der Waals surface area contributed by atoms with Crippen molar-refractivity contribution in [3.05, 3.63) is 29.8 Å². The van der Waals surface area contributed by atoms with Crippen LogP contribution >= 0.6 is 0 Å². The van der Waals surface area contributed by atoms with Crippen molar-refractivity contribution < 1.29 is 14.6 Å². The number of nitrogens with two attached hydrogens (primary N) is 1. The van der Waals surface area contributed by atoms with Crippen molar-refractivity contribution in [2.75, 3.05) is 6.61 Å². The molecule has 0 spiro atoms. The fourth-order valence-corrected chi connectivity index (χ4v) is 1.12. The van der Waals surface area contributed by atoms with Crippen LogP contribution in [0.2, 0.25) is 0 Å². The van der Waals surface area contributed by atoms with E-state index in [9.17, 15) is 4.79 Å². The quantitative estimate of drug-likeness (QED) is 0.754. The summed E-state index contributed by atoms with van der Waals surface area (Å²) in [6.07, 6.45) is 0.733. The van der Waals surface area contributed by atoms with E-state index in [1.165, 1.54) is 0 Å². The van der Waals surface area contributed by atoms with Gasteiger partial charge in [0.15, 0.2) is 0 Å². The molecule has 0 saturated heterocycles. The molecule has 0 aliphatic carbocycles. The maximum Gasteiger partial charge on any atom is 0.409 e. The van der Waals surface area contributed by atoms with Gasteiger partial charge >= 0.3 is 6.09 Å². The first-order chi connectivity index (χ1) is 6.72. The smallest absolute Gasteiger partial charge is 0.409 e. The van der Waals surface area contributed by atoms with Crippen LogP contribution in [0.4, 0.5) is 4.79 Å². The van der Waals surface area contributed by atoms with Gasteiger partial charge in [-0.1, -0.05) is 12.1 Å². The number of benzene rings is 1. The summed E-state index contributed by atoms with van der Waals surface area (Å²) in [5, 5.41) is 8.62. The number of amides is 1. The molecule has 0 fully saturated rings. The van der Waals surface area contributed by atoms with Gasteiger partial charge in [0, 0.05) is 6.61 Å². The number of aryl methyl sites for hydroxylation is 1. The first kappa shape index (κ1) is 10.5. The van der Waals surface area contributed by atoms with Crippen molar-refractivity contribution in [1.29, 1.82) is 0 Å². The Hall–Kier alpha value is -1.55. The third-order valence-corrected chi connectivity index (χ3v) is 1.77. The number of primary amides is 1. The number of carbonyl (C=O) groups is 1. The summed E-state index contributed by atoms with van der Waals surface area (Å²) in [5.41, 5.74) is 5.94. The second-order valence-corrected chi connectivity index (χ2v) is 2.89. The molecule has 0 atom stereocenters.